The second kappa shape index (κ2) is 14.1. The third-order valence-corrected chi connectivity index (χ3v) is 7.56. The monoisotopic (exact) mass is 595 g/mol. The molecule has 0 aliphatic heterocycles. The molecule has 0 saturated heterocycles. The largest absolute Gasteiger partial charge is 0.481 e. The van der Waals surface area contributed by atoms with E-state index in [0.717, 1.165) is 26.8 Å². The molecule has 3 aromatic rings. The van der Waals surface area contributed by atoms with E-state index in [1.807, 2.05) is 65.7 Å². The maximum Gasteiger partial charge on any atom is 0.305 e. The highest BCUT2D eigenvalue weighted by atomic mass is 19.1. The summed E-state index contributed by atoms with van der Waals surface area (Å²) < 4.78 is 31.6. The lowest BCUT2D eigenvalue weighted by molar-refractivity contribution is -0.138. The lowest BCUT2D eigenvalue weighted by atomic mass is 9.89. The third-order valence-electron chi connectivity index (χ3n) is 7.56. The molecular weight excluding hydrogens is 552 g/mol. The summed E-state index contributed by atoms with van der Waals surface area (Å²) in [5, 5.41) is 12.5. The normalized spacial score (nSPS) is 12.9. The fourth-order valence-corrected chi connectivity index (χ4v) is 5.65. The molecule has 2 aromatic carbocycles. The molecule has 9 heteroatoms. The van der Waals surface area contributed by atoms with Crippen LogP contribution in [-0.2, 0) is 16.0 Å². The summed E-state index contributed by atoms with van der Waals surface area (Å²) in [5.74, 6) is -3.57. The van der Waals surface area contributed by atoms with Crippen LogP contribution in [0.5, 0.6) is 0 Å². The SMILES string of the molecule is Cc1cc(C)c(-c2cc(C)c(F)c(C(CC(=O)O)NC(=O)C(CC(C)C)n3cc(CCN(C)C)cc(F)c3=O)c2)c(C)c1. The number of hydrogen-bond acceptors (Lipinski definition) is 4. The van der Waals surface area contributed by atoms with Gasteiger partial charge in [-0.15, -0.1) is 0 Å². The zero-order valence-electron chi connectivity index (χ0n) is 26.3. The zero-order valence-corrected chi connectivity index (χ0v) is 26.3. The highest BCUT2D eigenvalue weighted by Gasteiger charge is 2.30. The quantitative estimate of drug-likeness (QED) is 0.266. The van der Waals surface area contributed by atoms with Gasteiger partial charge in [0, 0.05) is 18.3 Å². The van der Waals surface area contributed by atoms with Crippen LogP contribution in [0.2, 0.25) is 0 Å². The Morgan fingerprint density at radius 1 is 0.977 bits per heavy atom. The molecular formula is C34H43F2N3O4. The number of pyridine rings is 1. The second-order valence-corrected chi connectivity index (χ2v) is 12.2. The Morgan fingerprint density at radius 2 is 1.60 bits per heavy atom. The molecule has 1 aromatic heterocycles. The van der Waals surface area contributed by atoms with E-state index in [1.54, 1.807) is 19.1 Å². The van der Waals surface area contributed by atoms with Gasteiger partial charge >= 0.3 is 5.97 Å². The van der Waals surface area contributed by atoms with Crippen molar-refractivity contribution in [3.8, 4) is 11.1 Å². The standard InChI is InChI=1S/C34H43F2N3O4/c1-19(2)11-29(39-18-24(9-10-38(7)8)15-27(35)34(39)43)33(42)37-28(17-30(40)41)26-16-25(14-23(6)32(26)36)31-21(4)12-20(3)13-22(31)5/h12-16,18-19,28-29H,9-11,17H2,1-8H3,(H,37,42)(H,40,41). The fourth-order valence-electron chi connectivity index (χ4n) is 5.65. The van der Waals surface area contributed by atoms with E-state index in [9.17, 15) is 23.9 Å². The first-order valence-corrected chi connectivity index (χ1v) is 14.5. The second-order valence-electron chi connectivity index (χ2n) is 12.2. The highest BCUT2D eigenvalue weighted by Crippen LogP contribution is 2.34. The molecule has 2 unspecified atom stereocenters. The molecule has 0 fully saturated rings. The number of amides is 1. The predicted octanol–water partition coefficient (Wildman–Crippen LogP) is 6.05. The van der Waals surface area contributed by atoms with Crippen molar-refractivity contribution in [2.45, 2.75) is 72.9 Å². The van der Waals surface area contributed by atoms with E-state index in [-0.39, 0.29) is 17.9 Å². The summed E-state index contributed by atoms with van der Waals surface area (Å²) in [5.41, 5.74) is 4.62. The van der Waals surface area contributed by atoms with Gasteiger partial charge in [-0.05, 0) is 112 Å². The Kier molecular flexibility index (Phi) is 11.0. The van der Waals surface area contributed by atoms with Crippen LogP contribution in [0.4, 0.5) is 8.78 Å². The van der Waals surface area contributed by atoms with Crippen molar-refractivity contribution in [2.24, 2.45) is 5.92 Å². The Morgan fingerprint density at radius 3 is 2.16 bits per heavy atom. The molecule has 2 N–H and O–H groups in total. The maximum absolute atomic E-state index is 15.7. The summed E-state index contributed by atoms with van der Waals surface area (Å²) in [7, 11) is 3.75. The van der Waals surface area contributed by atoms with Crippen molar-refractivity contribution < 1.29 is 23.5 Å². The van der Waals surface area contributed by atoms with Crippen LogP contribution < -0.4 is 10.9 Å². The summed E-state index contributed by atoms with van der Waals surface area (Å²) in [4.78, 5) is 40.7. The number of carbonyl (C=O) groups excluding carboxylic acids is 1. The van der Waals surface area contributed by atoms with Crippen LogP contribution in [0.1, 0.15) is 72.2 Å². The van der Waals surface area contributed by atoms with Crippen molar-refractivity contribution in [1.82, 2.24) is 14.8 Å². The molecule has 0 bridgehead atoms. The van der Waals surface area contributed by atoms with Crippen molar-refractivity contribution in [1.29, 1.82) is 0 Å². The van der Waals surface area contributed by atoms with Gasteiger partial charge in [-0.2, -0.15) is 0 Å². The van der Waals surface area contributed by atoms with Gasteiger partial charge in [-0.3, -0.25) is 14.4 Å². The minimum Gasteiger partial charge on any atom is -0.481 e. The number of rotatable bonds is 12. The lowest BCUT2D eigenvalue weighted by Gasteiger charge is -2.26. The highest BCUT2D eigenvalue weighted by molar-refractivity contribution is 5.82. The number of aliphatic carboxylic acids is 1. The van der Waals surface area contributed by atoms with Gasteiger partial charge in [-0.1, -0.05) is 31.5 Å². The molecule has 7 nitrogen and oxygen atoms in total. The first-order chi connectivity index (χ1) is 20.1. The van der Waals surface area contributed by atoms with E-state index in [1.165, 1.54) is 12.3 Å². The Bertz CT molecular complexity index is 1540. The number of nitrogens with one attached hydrogen (secondary N) is 1. The van der Waals surface area contributed by atoms with Gasteiger partial charge in [0.1, 0.15) is 11.9 Å². The van der Waals surface area contributed by atoms with E-state index in [4.69, 9.17) is 0 Å². The number of carboxylic acids is 1. The number of halogens is 2. The third kappa shape index (κ3) is 8.38. The number of likely N-dealkylation sites (N-methyl/N-ethyl adjacent to an activating group) is 1. The van der Waals surface area contributed by atoms with Crippen molar-refractivity contribution in [2.75, 3.05) is 20.6 Å². The smallest absolute Gasteiger partial charge is 0.305 e. The molecule has 232 valence electrons. The van der Waals surface area contributed by atoms with Crippen molar-refractivity contribution in [3.63, 3.8) is 0 Å². The average Bonchev–Trinajstić information content (AvgIpc) is 2.88. The van der Waals surface area contributed by atoms with Crippen LogP contribution in [0.25, 0.3) is 11.1 Å². The Labute approximate surface area is 252 Å². The topological polar surface area (TPSA) is 91.6 Å². The number of carboxylic acid groups (broad SMARTS) is 1. The predicted molar refractivity (Wildman–Crippen MR) is 165 cm³/mol. The van der Waals surface area contributed by atoms with Gasteiger partial charge in [0.25, 0.3) is 5.56 Å². The molecule has 43 heavy (non-hydrogen) atoms. The summed E-state index contributed by atoms with van der Waals surface area (Å²) in [6.07, 6.45) is 1.54. The number of nitrogens with zero attached hydrogens (tertiary/aromatic N) is 2. The first-order valence-electron chi connectivity index (χ1n) is 14.5. The van der Waals surface area contributed by atoms with Gasteiger partial charge in [0.2, 0.25) is 5.91 Å². The fraction of sp³-hybridized carbons (Fsp3) is 0.441. The number of carbonyl (C=O) groups is 2. The zero-order chi connectivity index (χ0) is 32.2. The number of hydrogen-bond donors (Lipinski definition) is 2. The molecule has 1 heterocycles. The minimum atomic E-state index is -1.23. The van der Waals surface area contributed by atoms with Crippen LogP contribution in [0, 0.1) is 45.2 Å². The molecule has 0 aliphatic carbocycles. The van der Waals surface area contributed by atoms with Crippen molar-refractivity contribution in [3.05, 3.63) is 91.9 Å². The van der Waals surface area contributed by atoms with Gasteiger partial charge < -0.3 is 19.9 Å². The molecule has 0 aliphatic rings. The van der Waals surface area contributed by atoms with Gasteiger partial charge in [-0.25, -0.2) is 8.78 Å². The number of aryl methyl sites for hydroxylation is 4. The summed E-state index contributed by atoms with van der Waals surface area (Å²) in [6, 6.07) is 6.17. The molecule has 3 rings (SSSR count). The summed E-state index contributed by atoms with van der Waals surface area (Å²) in [6.45, 7) is 11.9. The number of aromatic nitrogens is 1. The Balaban J connectivity index is 2.11. The average molecular weight is 596 g/mol. The molecule has 0 spiro atoms. The Hall–Kier alpha value is -3.85. The van der Waals surface area contributed by atoms with Crippen molar-refractivity contribution >= 4 is 11.9 Å². The summed E-state index contributed by atoms with van der Waals surface area (Å²) >= 11 is 0. The molecule has 2 atom stereocenters. The van der Waals surface area contributed by atoms with Crippen LogP contribution in [0.15, 0.2) is 41.3 Å². The lowest BCUT2D eigenvalue weighted by Crippen LogP contribution is -2.41. The van der Waals surface area contributed by atoms with Gasteiger partial charge in [0.05, 0.1) is 12.5 Å². The molecule has 0 saturated carbocycles. The van der Waals surface area contributed by atoms with Gasteiger partial charge in [0.15, 0.2) is 5.82 Å². The van der Waals surface area contributed by atoms with E-state index in [2.05, 4.69) is 5.32 Å². The van der Waals surface area contributed by atoms with E-state index < -0.39 is 47.6 Å². The number of benzene rings is 2. The molecule has 0 radical (unpaired) electrons. The van der Waals surface area contributed by atoms with Crippen LogP contribution in [0.3, 0.4) is 0 Å². The first kappa shape index (κ1) is 33.6. The minimum absolute atomic E-state index is 0.0340. The van der Waals surface area contributed by atoms with Crippen LogP contribution in [-0.4, -0.2) is 47.1 Å². The molecule has 1 amide bonds. The maximum atomic E-state index is 15.7. The van der Waals surface area contributed by atoms with Crippen LogP contribution >= 0.6 is 0 Å². The van der Waals surface area contributed by atoms with E-state index >= 15 is 4.39 Å². The van der Waals surface area contributed by atoms with E-state index in [0.29, 0.717) is 29.7 Å².